The summed E-state index contributed by atoms with van der Waals surface area (Å²) in [7, 11) is -4.55. The van der Waals surface area contributed by atoms with Crippen molar-refractivity contribution in [1.29, 1.82) is 0 Å². The van der Waals surface area contributed by atoms with E-state index in [4.69, 9.17) is 0 Å². The van der Waals surface area contributed by atoms with Crippen LogP contribution in [0.4, 0.5) is 0 Å². The number of nitrogens with one attached hydrogen (secondary N) is 3. The van der Waals surface area contributed by atoms with E-state index in [1.807, 2.05) is 34.6 Å². The standard InChI is InChI=1S/C26H48N4O7S2/c1-9-21(31)27-14-15-38-17-20(24(34)30(10-2)11-3)16-19(23(33)29-25(4,5)6)12-13-22(32)28-26(7,8)18-39(35,36)37/h9,19-20H,1,10-18H2,2-8H3,(H,27,31)(H,28,32)(H,29,33)(H,35,36,37)/p-1. The average Bonchev–Trinajstić information content (AvgIpc) is 2.77. The summed E-state index contributed by atoms with van der Waals surface area (Å²) in [6, 6.07) is 0. The number of carbonyl (C=O) groups is 4. The number of amides is 4. The summed E-state index contributed by atoms with van der Waals surface area (Å²) in [5, 5.41) is 8.19. The third kappa shape index (κ3) is 17.2. The molecule has 0 bridgehead atoms. The number of hydrogen-bond acceptors (Lipinski definition) is 8. The minimum atomic E-state index is -4.55. The summed E-state index contributed by atoms with van der Waals surface area (Å²) in [6.45, 7) is 17.0. The normalized spacial score (nSPS) is 13.6. The van der Waals surface area contributed by atoms with Gasteiger partial charge in [0.15, 0.2) is 0 Å². The highest BCUT2D eigenvalue weighted by molar-refractivity contribution is 7.99. The van der Waals surface area contributed by atoms with E-state index in [0.717, 1.165) is 0 Å². The van der Waals surface area contributed by atoms with Gasteiger partial charge < -0.3 is 25.4 Å². The molecular formula is C26H47N4O7S2-. The summed E-state index contributed by atoms with van der Waals surface area (Å²) >= 11 is 1.49. The number of rotatable bonds is 18. The monoisotopic (exact) mass is 591 g/mol. The van der Waals surface area contributed by atoms with Gasteiger partial charge in [0, 0.05) is 60.5 Å². The van der Waals surface area contributed by atoms with Crippen LogP contribution >= 0.6 is 11.8 Å². The van der Waals surface area contributed by atoms with Crippen LogP contribution in [0.5, 0.6) is 0 Å². The van der Waals surface area contributed by atoms with Crippen molar-refractivity contribution in [2.75, 3.05) is 36.9 Å². The molecule has 3 N–H and O–H groups in total. The molecule has 0 heterocycles. The molecule has 0 aromatic heterocycles. The molecule has 0 fully saturated rings. The maximum Gasteiger partial charge on any atom is 0.243 e. The molecule has 2 atom stereocenters. The maximum absolute atomic E-state index is 13.4. The fourth-order valence-electron chi connectivity index (χ4n) is 3.97. The molecular weight excluding hydrogens is 544 g/mol. The lowest BCUT2D eigenvalue weighted by molar-refractivity contribution is -0.135. The predicted molar refractivity (Wildman–Crippen MR) is 154 cm³/mol. The minimum absolute atomic E-state index is 0.0811. The molecule has 39 heavy (non-hydrogen) atoms. The van der Waals surface area contributed by atoms with Gasteiger partial charge in [-0.25, -0.2) is 8.42 Å². The van der Waals surface area contributed by atoms with Gasteiger partial charge in [-0.15, -0.1) is 0 Å². The highest BCUT2D eigenvalue weighted by Gasteiger charge is 2.32. The van der Waals surface area contributed by atoms with Gasteiger partial charge in [0.1, 0.15) is 0 Å². The predicted octanol–water partition coefficient (Wildman–Crippen LogP) is 1.65. The van der Waals surface area contributed by atoms with E-state index in [1.165, 1.54) is 31.7 Å². The lowest BCUT2D eigenvalue weighted by Gasteiger charge is -2.30. The third-order valence-corrected chi connectivity index (χ3v) is 7.85. The van der Waals surface area contributed by atoms with E-state index in [0.29, 0.717) is 31.1 Å². The molecule has 0 rings (SSSR count). The first-order valence-electron chi connectivity index (χ1n) is 13.2. The van der Waals surface area contributed by atoms with Gasteiger partial charge in [-0.3, -0.25) is 19.2 Å². The smallest absolute Gasteiger partial charge is 0.243 e. The molecule has 2 unspecified atom stereocenters. The quantitative estimate of drug-likeness (QED) is 0.123. The van der Waals surface area contributed by atoms with Crippen molar-refractivity contribution >= 4 is 45.5 Å². The Kier molecular flexibility index (Phi) is 15.9. The van der Waals surface area contributed by atoms with E-state index < -0.39 is 44.7 Å². The van der Waals surface area contributed by atoms with Crippen LogP contribution in [0.3, 0.4) is 0 Å². The minimum Gasteiger partial charge on any atom is -0.748 e. The second kappa shape index (κ2) is 16.9. The molecule has 0 spiro atoms. The fraction of sp³-hybridized carbons (Fsp3) is 0.769. The van der Waals surface area contributed by atoms with Crippen molar-refractivity contribution in [3.63, 3.8) is 0 Å². The van der Waals surface area contributed by atoms with Gasteiger partial charge in [0.25, 0.3) is 0 Å². The summed E-state index contributed by atoms with van der Waals surface area (Å²) < 4.78 is 33.5. The maximum atomic E-state index is 13.4. The van der Waals surface area contributed by atoms with Gasteiger partial charge >= 0.3 is 0 Å². The molecule has 0 aliphatic carbocycles. The Hall–Kier alpha value is -2.12. The Bertz CT molecular complexity index is 942. The Labute approximate surface area is 238 Å². The Morgan fingerprint density at radius 1 is 1.03 bits per heavy atom. The van der Waals surface area contributed by atoms with Crippen LogP contribution in [0.15, 0.2) is 12.7 Å². The summed E-state index contributed by atoms with van der Waals surface area (Å²) in [5.41, 5.74) is -1.79. The van der Waals surface area contributed by atoms with Gasteiger partial charge in [0.2, 0.25) is 23.6 Å². The second-order valence-corrected chi connectivity index (χ2v) is 13.7. The number of nitrogens with zero attached hydrogens (tertiary/aromatic N) is 1. The van der Waals surface area contributed by atoms with Crippen LogP contribution < -0.4 is 16.0 Å². The zero-order valence-corrected chi connectivity index (χ0v) is 26.1. The first-order valence-corrected chi connectivity index (χ1v) is 15.9. The molecule has 0 aromatic rings. The van der Waals surface area contributed by atoms with E-state index in [2.05, 4.69) is 22.5 Å². The van der Waals surface area contributed by atoms with Crippen LogP contribution in [0.1, 0.15) is 67.7 Å². The lowest BCUT2D eigenvalue weighted by Crippen LogP contribution is -2.49. The van der Waals surface area contributed by atoms with E-state index in [9.17, 15) is 32.1 Å². The first-order chi connectivity index (χ1) is 17.8. The molecule has 0 aliphatic heterocycles. The number of carbonyl (C=O) groups excluding carboxylic acids is 4. The third-order valence-electron chi connectivity index (χ3n) is 5.65. The van der Waals surface area contributed by atoms with Gasteiger partial charge in [-0.05, 0) is 67.4 Å². The fourth-order valence-corrected chi connectivity index (χ4v) is 5.90. The Morgan fingerprint density at radius 3 is 2.10 bits per heavy atom. The van der Waals surface area contributed by atoms with E-state index in [1.54, 1.807) is 4.90 Å². The Balaban J connectivity index is 5.67. The molecule has 4 amide bonds. The first kappa shape index (κ1) is 36.9. The summed E-state index contributed by atoms with van der Waals surface area (Å²) in [5.74, 6) is -2.04. The highest BCUT2D eigenvalue weighted by Crippen LogP contribution is 2.25. The van der Waals surface area contributed by atoms with Crippen molar-refractivity contribution in [3.8, 4) is 0 Å². The Morgan fingerprint density at radius 2 is 1.62 bits per heavy atom. The molecule has 0 saturated carbocycles. The molecule has 0 aromatic carbocycles. The van der Waals surface area contributed by atoms with Crippen molar-refractivity contribution in [3.05, 3.63) is 12.7 Å². The van der Waals surface area contributed by atoms with Crippen molar-refractivity contribution < 1.29 is 32.1 Å². The van der Waals surface area contributed by atoms with E-state index in [-0.39, 0.29) is 37.0 Å². The SMILES string of the molecule is C=CC(=O)NCCSCC(CC(CCC(=O)NC(C)(C)CS(=O)(=O)[O-])C(=O)NC(C)(C)C)C(=O)N(CC)CC. The lowest BCUT2D eigenvalue weighted by atomic mass is 9.89. The van der Waals surface area contributed by atoms with E-state index >= 15 is 0 Å². The average molecular weight is 592 g/mol. The van der Waals surface area contributed by atoms with Crippen molar-refractivity contribution in [1.82, 2.24) is 20.9 Å². The molecule has 13 heteroatoms. The number of hydrogen-bond donors (Lipinski definition) is 3. The van der Waals surface area contributed by atoms with Gasteiger partial charge in [-0.2, -0.15) is 11.8 Å². The van der Waals surface area contributed by atoms with Crippen molar-refractivity contribution in [2.45, 2.75) is 78.8 Å². The summed E-state index contributed by atoms with van der Waals surface area (Å²) in [6.07, 6.45) is 1.45. The van der Waals surface area contributed by atoms with Crippen LogP contribution in [-0.4, -0.2) is 89.5 Å². The van der Waals surface area contributed by atoms with Gasteiger partial charge in [-0.1, -0.05) is 6.58 Å². The zero-order chi connectivity index (χ0) is 30.4. The van der Waals surface area contributed by atoms with Crippen molar-refractivity contribution in [2.24, 2.45) is 11.8 Å². The van der Waals surface area contributed by atoms with Crippen LogP contribution in [0, 0.1) is 11.8 Å². The highest BCUT2D eigenvalue weighted by atomic mass is 32.2. The zero-order valence-electron chi connectivity index (χ0n) is 24.4. The van der Waals surface area contributed by atoms with Gasteiger partial charge in [0.05, 0.1) is 15.9 Å². The molecule has 11 nitrogen and oxygen atoms in total. The van der Waals surface area contributed by atoms with Crippen LogP contribution in [0.2, 0.25) is 0 Å². The molecule has 226 valence electrons. The molecule has 0 aliphatic rings. The molecule has 0 saturated heterocycles. The molecule has 0 radical (unpaired) electrons. The van der Waals surface area contributed by atoms with Crippen LogP contribution in [0.25, 0.3) is 0 Å². The summed E-state index contributed by atoms with van der Waals surface area (Å²) in [4.78, 5) is 52.3. The second-order valence-electron chi connectivity index (χ2n) is 11.1. The topological polar surface area (TPSA) is 165 Å². The largest absolute Gasteiger partial charge is 0.748 e. The van der Waals surface area contributed by atoms with Crippen LogP contribution in [-0.2, 0) is 29.3 Å². The number of thioether (sulfide) groups is 1.